The first-order valence-electron chi connectivity index (χ1n) is 4.81. The molecule has 0 bridgehead atoms. The first-order chi connectivity index (χ1) is 5.87. The minimum Gasteiger partial charge on any atom is -0.207 e. The van der Waals surface area contributed by atoms with Gasteiger partial charge in [0.1, 0.15) is 0 Å². The molecule has 1 fully saturated rings. The molecular formula is C10H17ClF2. The van der Waals surface area contributed by atoms with E-state index in [1.54, 1.807) is 0 Å². The van der Waals surface area contributed by atoms with Gasteiger partial charge >= 0.3 is 0 Å². The minimum absolute atomic E-state index is 0.0655. The molecule has 1 aliphatic rings. The highest BCUT2D eigenvalue weighted by molar-refractivity contribution is 6.18. The number of hydrogen-bond donors (Lipinski definition) is 0. The van der Waals surface area contributed by atoms with Crippen LogP contribution in [0.3, 0.4) is 0 Å². The smallest absolute Gasteiger partial charge is 0.207 e. The summed E-state index contributed by atoms with van der Waals surface area (Å²) in [5.41, 5.74) is -0.153. The fourth-order valence-electron chi connectivity index (χ4n) is 1.97. The van der Waals surface area contributed by atoms with Crippen molar-refractivity contribution >= 4 is 11.6 Å². The van der Waals surface area contributed by atoms with Crippen LogP contribution in [0.2, 0.25) is 0 Å². The summed E-state index contributed by atoms with van der Waals surface area (Å²) in [6, 6.07) is 0. The summed E-state index contributed by atoms with van der Waals surface area (Å²) in [4.78, 5) is 0. The molecule has 1 rings (SSSR count). The van der Waals surface area contributed by atoms with E-state index in [4.69, 9.17) is 11.6 Å². The zero-order chi connectivity index (χ0) is 10.1. The topological polar surface area (TPSA) is 0 Å². The molecule has 0 heterocycles. The molecule has 3 heteroatoms. The van der Waals surface area contributed by atoms with E-state index >= 15 is 0 Å². The fraction of sp³-hybridized carbons (Fsp3) is 1.00. The Hall–Kier alpha value is 0.150. The Morgan fingerprint density at radius 3 is 2.46 bits per heavy atom. The zero-order valence-electron chi connectivity index (χ0n) is 8.25. The van der Waals surface area contributed by atoms with E-state index in [9.17, 15) is 8.78 Å². The summed E-state index contributed by atoms with van der Waals surface area (Å²) in [5, 5.41) is 0. The molecule has 0 N–H and O–H groups in total. The van der Waals surface area contributed by atoms with Crippen LogP contribution in [-0.2, 0) is 0 Å². The SMILES string of the molecule is CC(C)(CCl)CC1CCCC1(F)F. The molecule has 0 nitrogen and oxygen atoms in total. The van der Waals surface area contributed by atoms with Crippen molar-refractivity contribution in [2.45, 2.75) is 45.5 Å². The second-order valence-electron chi connectivity index (χ2n) is 4.85. The Balaban J connectivity index is 2.54. The Morgan fingerprint density at radius 1 is 1.46 bits per heavy atom. The third-order valence-corrected chi connectivity index (χ3v) is 3.54. The monoisotopic (exact) mass is 210 g/mol. The lowest BCUT2D eigenvalue weighted by Crippen LogP contribution is -2.28. The Bertz CT molecular complexity index is 178. The molecule has 0 aromatic heterocycles. The Morgan fingerprint density at radius 2 is 2.08 bits per heavy atom. The van der Waals surface area contributed by atoms with Gasteiger partial charge in [0.15, 0.2) is 0 Å². The average Bonchev–Trinajstić information content (AvgIpc) is 2.31. The molecule has 78 valence electrons. The average molecular weight is 211 g/mol. The second-order valence-corrected chi connectivity index (χ2v) is 5.12. The lowest BCUT2D eigenvalue weighted by molar-refractivity contribution is -0.0489. The first kappa shape index (κ1) is 11.2. The van der Waals surface area contributed by atoms with Crippen molar-refractivity contribution in [2.75, 3.05) is 5.88 Å². The quantitative estimate of drug-likeness (QED) is 0.616. The van der Waals surface area contributed by atoms with Crippen LogP contribution in [-0.4, -0.2) is 11.8 Å². The molecular weight excluding hydrogens is 194 g/mol. The van der Waals surface area contributed by atoms with Crippen molar-refractivity contribution < 1.29 is 8.78 Å². The minimum atomic E-state index is -2.44. The molecule has 13 heavy (non-hydrogen) atoms. The number of hydrogen-bond acceptors (Lipinski definition) is 0. The molecule has 1 atom stereocenters. The van der Waals surface area contributed by atoms with Gasteiger partial charge in [-0.1, -0.05) is 13.8 Å². The molecule has 1 aliphatic carbocycles. The molecule has 0 aromatic rings. The third kappa shape index (κ3) is 2.80. The molecule has 0 radical (unpaired) electrons. The first-order valence-corrected chi connectivity index (χ1v) is 5.35. The maximum absolute atomic E-state index is 13.2. The van der Waals surface area contributed by atoms with Crippen LogP contribution in [0.15, 0.2) is 0 Å². The highest BCUT2D eigenvalue weighted by Crippen LogP contribution is 2.45. The van der Waals surface area contributed by atoms with E-state index in [-0.39, 0.29) is 11.8 Å². The predicted octanol–water partition coefficient (Wildman–Crippen LogP) is 4.08. The van der Waals surface area contributed by atoms with Crippen LogP contribution >= 0.6 is 11.6 Å². The van der Waals surface area contributed by atoms with E-state index in [0.29, 0.717) is 25.1 Å². The summed E-state index contributed by atoms with van der Waals surface area (Å²) in [7, 11) is 0. The molecule has 1 saturated carbocycles. The third-order valence-electron chi connectivity index (χ3n) is 2.82. The van der Waals surface area contributed by atoms with Gasteiger partial charge in [0.05, 0.1) is 0 Å². The van der Waals surface area contributed by atoms with Crippen LogP contribution < -0.4 is 0 Å². The second kappa shape index (κ2) is 3.72. The maximum atomic E-state index is 13.2. The molecule has 0 aliphatic heterocycles. The highest BCUT2D eigenvalue weighted by Gasteiger charge is 2.45. The van der Waals surface area contributed by atoms with E-state index < -0.39 is 11.8 Å². The largest absolute Gasteiger partial charge is 0.250 e. The van der Waals surface area contributed by atoms with Gasteiger partial charge in [-0.2, -0.15) is 0 Å². The standard InChI is InChI=1S/C10H17ClF2/c1-9(2,7-11)6-8-4-3-5-10(8,12)13/h8H,3-7H2,1-2H3. The van der Waals surface area contributed by atoms with Crippen LogP contribution in [0.25, 0.3) is 0 Å². The predicted molar refractivity (Wildman–Crippen MR) is 51.4 cm³/mol. The van der Waals surface area contributed by atoms with E-state index in [1.165, 1.54) is 0 Å². The van der Waals surface area contributed by atoms with Crippen molar-refractivity contribution in [1.82, 2.24) is 0 Å². The van der Waals surface area contributed by atoms with Gasteiger partial charge in [-0.05, 0) is 24.7 Å². The van der Waals surface area contributed by atoms with Gasteiger partial charge in [-0.3, -0.25) is 0 Å². The molecule has 1 unspecified atom stereocenters. The lowest BCUT2D eigenvalue weighted by atomic mass is 9.82. The summed E-state index contributed by atoms with van der Waals surface area (Å²) in [6.45, 7) is 3.91. The van der Waals surface area contributed by atoms with Gasteiger partial charge in [0.2, 0.25) is 0 Å². The zero-order valence-corrected chi connectivity index (χ0v) is 9.00. The fourth-order valence-corrected chi connectivity index (χ4v) is 2.08. The van der Waals surface area contributed by atoms with Crippen molar-refractivity contribution in [3.8, 4) is 0 Å². The molecule has 0 saturated heterocycles. The maximum Gasteiger partial charge on any atom is 0.250 e. The van der Waals surface area contributed by atoms with Crippen molar-refractivity contribution in [1.29, 1.82) is 0 Å². The van der Waals surface area contributed by atoms with Crippen LogP contribution in [0.1, 0.15) is 39.5 Å². The Kier molecular flexibility index (Phi) is 3.21. The van der Waals surface area contributed by atoms with Crippen LogP contribution in [0, 0.1) is 11.3 Å². The highest BCUT2D eigenvalue weighted by atomic mass is 35.5. The van der Waals surface area contributed by atoms with Crippen molar-refractivity contribution in [3.63, 3.8) is 0 Å². The van der Waals surface area contributed by atoms with Crippen LogP contribution in [0.5, 0.6) is 0 Å². The van der Waals surface area contributed by atoms with E-state index in [1.807, 2.05) is 13.8 Å². The molecule has 0 aromatic carbocycles. The summed E-state index contributed by atoms with van der Waals surface area (Å²) in [6.07, 6.45) is 1.93. The lowest BCUT2D eigenvalue weighted by Gasteiger charge is -2.28. The van der Waals surface area contributed by atoms with Crippen molar-refractivity contribution in [3.05, 3.63) is 0 Å². The van der Waals surface area contributed by atoms with Gasteiger partial charge in [0.25, 0.3) is 5.92 Å². The summed E-state index contributed by atoms with van der Waals surface area (Å²) >= 11 is 5.72. The summed E-state index contributed by atoms with van der Waals surface area (Å²) in [5.74, 6) is -2.43. The van der Waals surface area contributed by atoms with Gasteiger partial charge in [0, 0.05) is 18.2 Å². The molecule has 0 amide bonds. The van der Waals surface area contributed by atoms with Gasteiger partial charge < -0.3 is 0 Å². The number of alkyl halides is 3. The number of rotatable bonds is 3. The van der Waals surface area contributed by atoms with Crippen molar-refractivity contribution in [2.24, 2.45) is 11.3 Å². The van der Waals surface area contributed by atoms with Gasteiger partial charge in [-0.25, -0.2) is 8.78 Å². The normalized spacial score (nSPS) is 27.9. The number of halogens is 3. The Labute approximate surface area is 83.7 Å². The van der Waals surface area contributed by atoms with E-state index in [0.717, 1.165) is 0 Å². The van der Waals surface area contributed by atoms with Crippen LogP contribution in [0.4, 0.5) is 8.78 Å². The summed E-state index contributed by atoms with van der Waals surface area (Å²) < 4.78 is 26.5. The molecule has 0 spiro atoms. The van der Waals surface area contributed by atoms with E-state index in [2.05, 4.69) is 0 Å². The van der Waals surface area contributed by atoms with Gasteiger partial charge in [-0.15, -0.1) is 11.6 Å².